The third kappa shape index (κ3) is 8.55. The van der Waals surface area contributed by atoms with Crippen molar-refractivity contribution in [1.29, 1.82) is 0 Å². The summed E-state index contributed by atoms with van der Waals surface area (Å²) in [4.78, 5) is 6.95. The highest BCUT2D eigenvalue weighted by Crippen LogP contribution is 2.47. The van der Waals surface area contributed by atoms with Crippen molar-refractivity contribution >= 4 is 62.6 Å². The number of nitrogens with one attached hydrogen (secondary N) is 1. The molecule has 9 rings (SSSR count). The van der Waals surface area contributed by atoms with Crippen LogP contribution in [0.4, 0.5) is 62.6 Å². The van der Waals surface area contributed by atoms with Crippen molar-refractivity contribution in [3.8, 4) is 11.5 Å². The van der Waals surface area contributed by atoms with Gasteiger partial charge in [-0.3, -0.25) is 0 Å². The van der Waals surface area contributed by atoms with Crippen molar-refractivity contribution in [2.75, 3.05) is 20.0 Å². The Kier molecular flexibility index (Phi) is 10.8. The predicted octanol–water partition coefficient (Wildman–Crippen LogP) is 15.6. The zero-order valence-corrected chi connectivity index (χ0v) is 32.4. The third-order valence-electron chi connectivity index (χ3n) is 9.92. The molecule has 0 amide bonds. The zero-order chi connectivity index (χ0) is 39.6. The van der Waals surface area contributed by atoms with Crippen LogP contribution in [0.5, 0.6) is 11.5 Å². The summed E-state index contributed by atoms with van der Waals surface area (Å²) in [5.41, 5.74) is 10.9. The minimum atomic E-state index is 0.704. The summed E-state index contributed by atoms with van der Waals surface area (Å²) >= 11 is 0. The first-order valence-corrected chi connectivity index (χ1v) is 19.8. The van der Waals surface area contributed by atoms with E-state index < -0.39 is 0 Å². The summed E-state index contributed by atoms with van der Waals surface area (Å²) in [5.74, 6) is 1.46. The topological polar surface area (TPSA) is 31.0 Å². The van der Waals surface area contributed by atoms with Gasteiger partial charge in [-0.15, -0.1) is 0 Å². The number of benzene rings is 9. The molecule has 5 nitrogen and oxygen atoms in total. The molecule has 0 aliphatic rings. The minimum Gasteiger partial charge on any atom is -0.457 e. The predicted molar refractivity (Wildman–Crippen MR) is 247 cm³/mol. The van der Waals surface area contributed by atoms with Crippen LogP contribution in [0.3, 0.4) is 0 Å². The fraction of sp³-hybridized carbons (Fsp3) is 0. The Labute approximate surface area is 346 Å². The molecule has 0 aromatic heterocycles. The van der Waals surface area contributed by atoms with Crippen LogP contribution >= 0.6 is 0 Å². The van der Waals surface area contributed by atoms with E-state index in [9.17, 15) is 0 Å². The Morgan fingerprint density at radius 3 is 0.915 bits per heavy atom. The van der Waals surface area contributed by atoms with E-state index in [1.54, 1.807) is 0 Å². The van der Waals surface area contributed by atoms with Gasteiger partial charge < -0.3 is 24.8 Å². The number of hydrogen-bond acceptors (Lipinski definition) is 5. The number of para-hydroxylation sites is 7. The maximum absolute atomic E-state index is 6.59. The van der Waals surface area contributed by atoms with E-state index in [2.05, 4.69) is 214 Å². The largest absolute Gasteiger partial charge is 0.457 e. The first-order chi connectivity index (χ1) is 29.2. The summed E-state index contributed by atoms with van der Waals surface area (Å²) in [6.45, 7) is 0. The normalized spacial score (nSPS) is 10.7. The van der Waals surface area contributed by atoms with Crippen molar-refractivity contribution in [1.82, 2.24) is 0 Å². The van der Waals surface area contributed by atoms with Gasteiger partial charge in [-0.2, -0.15) is 0 Å². The summed E-state index contributed by atoms with van der Waals surface area (Å²) in [7, 11) is 0. The quantitative estimate of drug-likeness (QED) is 0.126. The van der Waals surface area contributed by atoms with Crippen LogP contribution in [0.1, 0.15) is 0 Å². The second-order valence-electron chi connectivity index (χ2n) is 14.0. The van der Waals surface area contributed by atoms with Crippen LogP contribution in [-0.2, 0) is 0 Å². The number of hydrogen-bond donors (Lipinski definition) is 1. The summed E-state index contributed by atoms with van der Waals surface area (Å²) in [5, 5.41) is 3.65. The molecule has 0 atom stereocenters. The molecule has 0 unspecified atom stereocenters. The average Bonchev–Trinajstić information content (AvgIpc) is 3.29. The fourth-order valence-corrected chi connectivity index (χ4v) is 7.35. The highest BCUT2D eigenvalue weighted by atomic mass is 16.5. The standard InChI is InChI=1S/C54H42N4O/c1-8-22-42(23-9-1)55-43-36-49(41-54(37-43)59-53-34-20-7-21-35-53)58(48-32-18-6-19-33-48)52-39-50(56(44-24-10-2-11-25-44)45-26-12-3-13-27-45)38-51(40-52)57(46-28-14-4-15-29-46)47-30-16-5-17-31-47/h1-41,55H. The van der Waals surface area contributed by atoms with Gasteiger partial charge in [0.15, 0.2) is 0 Å². The number of nitrogens with zero attached hydrogens (tertiary/aromatic N) is 3. The van der Waals surface area contributed by atoms with E-state index in [1.165, 1.54) is 0 Å². The number of rotatable bonds is 13. The van der Waals surface area contributed by atoms with E-state index >= 15 is 0 Å². The van der Waals surface area contributed by atoms with Crippen molar-refractivity contribution in [3.63, 3.8) is 0 Å². The summed E-state index contributed by atoms with van der Waals surface area (Å²) in [6, 6.07) is 86.1. The lowest BCUT2D eigenvalue weighted by atomic mass is 10.1. The number of anilines is 11. The Balaban J connectivity index is 1.30. The lowest BCUT2D eigenvalue weighted by Crippen LogP contribution is -2.16. The van der Waals surface area contributed by atoms with Gasteiger partial charge in [-0.05, 0) is 109 Å². The molecule has 0 fully saturated rings. The van der Waals surface area contributed by atoms with Gasteiger partial charge in [0.25, 0.3) is 0 Å². The Bertz CT molecular complexity index is 2460. The molecule has 1 N–H and O–H groups in total. The van der Waals surface area contributed by atoms with Gasteiger partial charge in [0.1, 0.15) is 11.5 Å². The Hall–Kier alpha value is -8.02. The molecule has 0 bridgehead atoms. The minimum absolute atomic E-state index is 0.704. The van der Waals surface area contributed by atoms with Crippen LogP contribution in [-0.4, -0.2) is 0 Å². The zero-order valence-electron chi connectivity index (χ0n) is 32.4. The first kappa shape index (κ1) is 36.6. The van der Waals surface area contributed by atoms with E-state index in [1.807, 2.05) is 54.6 Å². The molecule has 9 aromatic carbocycles. The van der Waals surface area contributed by atoms with Gasteiger partial charge in [0.2, 0.25) is 0 Å². The maximum atomic E-state index is 6.59. The van der Waals surface area contributed by atoms with Crippen molar-refractivity contribution < 1.29 is 4.74 Å². The summed E-state index contributed by atoms with van der Waals surface area (Å²) < 4.78 is 6.59. The van der Waals surface area contributed by atoms with E-state index in [0.29, 0.717) is 5.75 Å². The van der Waals surface area contributed by atoms with E-state index in [4.69, 9.17) is 4.74 Å². The maximum Gasteiger partial charge on any atom is 0.131 e. The molecule has 0 aliphatic heterocycles. The highest BCUT2D eigenvalue weighted by Gasteiger charge is 2.23. The second kappa shape index (κ2) is 17.4. The van der Waals surface area contributed by atoms with E-state index in [0.717, 1.165) is 68.3 Å². The van der Waals surface area contributed by atoms with Crippen LogP contribution < -0.4 is 24.8 Å². The molecule has 0 spiro atoms. The lowest BCUT2D eigenvalue weighted by Gasteiger charge is -2.33. The van der Waals surface area contributed by atoms with Gasteiger partial charge in [-0.1, -0.05) is 127 Å². The van der Waals surface area contributed by atoms with E-state index in [-0.39, 0.29) is 0 Å². The Morgan fingerprint density at radius 1 is 0.237 bits per heavy atom. The average molecular weight is 763 g/mol. The molecular formula is C54H42N4O. The molecule has 0 saturated carbocycles. The molecular weight excluding hydrogens is 721 g/mol. The van der Waals surface area contributed by atoms with Crippen LogP contribution in [0.2, 0.25) is 0 Å². The van der Waals surface area contributed by atoms with Crippen LogP contribution in [0, 0.1) is 0 Å². The molecule has 59 heavy (non-hydrogen) atoms. The SMILES string of the molecule is c1ccc(Nc2cc(Oc3ccccc3)cc(N(c3ccccc3)c3cc(N(c4ccccc4)c4ccccc4)cc(N(c4ccccc4)c4ccccc4)c3)c2)cc1. The fourth-order valence-electron chi connectivity index (χ4n) is 7.35. The van der Waals surface area contributed by atoms with Gasteiger partial charge in [0.05, 0.1) is 22.7 Å². The number of ether oxygens (including phenoxy) is 1. The molecule has 0 saturated heterocycles. The molecule has 0 aliphatic carbocycles. The summed E-state index contributed by atoms with van der Waals surface area (Å²) in [6.07, 6.45) is 0. The van der Waals surface area contributed by atoms with Crippen molar-refractivity contribution in [2.45, 2.75) is 0 Å². The van der Waals surface area contributed by atoms with Gasteiger partial charge in [0, 0.05) is 51.9 Å². The molecule has 0 radical (unpaired) electrons. The van der Waals surface area contributed by atoms with Crippen LogP contribution in [0.25, 0.3) is 0 Å². The van der Waals surface area contributed by atoms with Crippen molar-refractivity contribution in [3.05, 3.63) is 249 Å². The van der Waals surface area contributed by atoms with Crippen molar-refractivity contribution in [2.24, 2.45) is 0 Å². The monoisotopic (exact) mass is 762 g/mol. The first-order valence-electron chi connectivity index (χ1n) is 19.8. The van der Waals surface area contributed by atoms with Gasteiger partial charge >= 0.3 is 0 Å². The van der Waals surface area contributed by atoms with Crippen LogP contribution in [0.15, 0.2) is 249 Å². The highest BCUT2D eigenvalue weighted by molar-refractivity contribution is 5.90. The lowest BCUT2D eigenvalue weighted by molar-refractivity contribution is 0.483. The smallest absolute Gasteiger partial charge is 0.131 e. The van der Waals surface area contributed by atoms with Gasteiger partial charge in [-0.25, -0.2) is 0 Å². The molecule has 284 valence electrons. The molecule has 5 heteroatoms. The molecule has 0 heterocycles. The molecule has 9 aromatic rings. The Morgan fingerprint density at radius 2 is 0.542 bits per heavy atom. The second-order valence-corrected chi connectivity index (χ2v) is 14.0. The third-order valence-corrected chi connectivity index (χ3v) is 9.92.